The first kappa shape index (κ1) is 27.7. The van der Waals surface area contributed by atoms with Crippen LogP contribution in [-0.4, -0.2) is 53.3 Å². The van der Waals surface area contributed by atoms with Crippen molar-refractivity contribution in [2.45, 2.75) is 32.0 Å². The monoisotopic (exact) mass is 619 g/mol. The summed E-state index contributed by atoms with van der Waals surface area (Å²) in [4.78, 5) is 34.9. The molecule has 0 bridgehead atoms. The van der Waals surface area contributed by atoms with E-state index in [-0.39, 0.29) is 24.6 Å². The number of amides is 3. The lowest BCUT2D eigenvalue weighted by Crippen LogP contribution is -2.55. The van der Waals surface area contributed by atoms with Gasteiger partial charge in [0.05, 0.1) is 29.3 Å². The third-order valence-corrected chi connectivity index (χ3v) is 7.60. The number of carbonyl (C=O) groups excluding carboxylic acids is 2. The fraction of sp³-hybridized carbons (Fsp3) is 0.267. The molecule has 40 heavy (non-hydrogen) atoms. The van der Waals surface area contributed by atoms with E-state index in [0.717, 1.165) is 15.6 Å². The number of piperazine rings is 1. The Hall–Kier alpha value is -3.87. The summed E-state index contributed by atoms with van der Waals surface area (Å²) in [5.41, 5.74) is 2.61. The van der Waals surface area contributed by atoms with Crippen LogP contribution in [0.25, 0.3) is 0 Å². The van der Waals surface area contributed by atoms with Gasteiger partial charge in [-0.1, -0.05) is 57.9 Å². The van der Waals surface area contributed by atoms with Crippen LogP contribution >= 0.6 is 27.5 Å². The standard InChI is InChI=1S/C30H27BrClN5O3/c1-18(2)40-25-15-19(16-33)7-12-23(25)29-35-27(20-8-10-21(31)11-9-20)28(22-5-3-4-6-24(22)32)37(29)30(39)36-14-13-34-26(38)17-36/h3-12,15,18,27-28H,13-14,17H2,1-2H3,(H,34,38)/t27-,28+/m0/s1. The number of aliphatic imine (C=N–C) groups is 1. The van der Waals surface area contributed by atoms with Crippen molar-refractivity contribution < 1.29 is 14.3 Å². The predicted octanol–water partition coefficient (Wildman–Crippen LogP) is 5.86. The lowest BCUT2D eigenvalue weighted by molar-refractivity contribution is -0.123. The lowest BCUT2D eigenvalue weighted by atomic mass is 9.93. The highest BCUT2D eigenvalue weighted by Gasteiger charge is 2.45. The second kappa shape index (κ2) is 11.7. The average Bonchev–Trinajstić information content (AvgIpc) is 3.33. The third kappa shape index (κ3) is 5.55. The highest BCUT2D eigenvalue weighted by atomic mass is 79.9. The van der Waals surface area contributed by atoms with Crippen LogP contribution < -0.4 is 10.1 Å². The number of benzene rings is 3. The second-order valence-corrected chi connectivity index (χ2v) is 11.2. The topological polar surface area (TPSA) is 98.0 Å². The number of amidine groups is 1. The fourth-order valence-electron chi connectivity index (χ4n) is 4.97. The smallest absolute Gasteiger partial charge is 0.326 e. The van der Waals surface area contributed by atoms with Crippen molar-refractivity contribution >= 4 is 45.3 Å². The normalized spacial score (nSPS) is 18.8. The highest BCUT2D eigenvalue weighted by Crippen LogP contribution is 2.47. The quantitative estimate of drug-likeness (QED) is 0.387. The fourth-order valence-corrected chi connectivity index (χ4v) is 5.48. The van der Waals surface area contributed by atoms with E-state index in [1.54, 1.807) is 29.2 Å². The number of hydrogen-bond donors (Lipinski definition) is 1. The summed E-state index contributed by atoms with van der Waals surface area (Å²) in [7, 11) is 0. The molecule has 1 saturated heterocycles. The summed E-state index contributed by atoms with van der Waals surface area (Å²) in [6.45, 7) is 4.44. The molecule has 0 aliphatic carbocycles. The molecule has 0 saturated carbocycles. The van der Waals surface area contributed by atoms with Gasteiger partial charge in [-0.25, -0.2) is 4.79 Å². The Labute approximate surface area is 246 Å². The molecule has 1 N–H and O–H groups in total. The van der Waals surface area contributed by atoms with Crippen LogP contribution in [0, 0.1) is 11.3 Å². The van der Waals surface area contributed by atoms with Crippen LogP contribution in [0.2, 0.25) is 5.02 Å². The van der Waals surface area contributed by atoms with Crippen molar-refractivity contribution in [3.8, 4) is 11.8 Å². The molecule has 204 valence electrons. The van der Waals surface area contributed by atoms with Gasteiger partial charge in [0.25, 0.3) is 0 Å². The number of urea groups is 1. The van der Waals surface area contributed by atoms with Crippen LogP contribution in [0.4, 0.5) is 4.79 Å². The molecule has 1 fully saturated rings. The molecule has 5 rings (SSSR count). The molecule has 3 aromatic rings. The minimum absolute atomic E-state index is 0.0659. The highest BCUT2D eigenvalue weighted by molar-refractivity contribution is 9.10. The zero-order chi connectivity index (χ0) is 28.4. The number of rotatable bonds is 5. The van der Waals surface area contributed by atoms with Crippen molar-refractivity contribution in [1.29, 1.82) is 5.26 Å². The van der Waals surface area contributed by atoms with Gasteiger partial charge in [-0.3, -0.25) is 14.7 Å². The summed E-state index contributed by atoms with van der Waals surface area (Å²) in [6, 6.07) is 21.0. The molecule has 2 atom stereocenters. The van der Waals surface area contributed by atoms with E-state index in [2.05, 4.69) is 27.3 Å². The molecular formula is C30H27BrClN5O3. The minimum Gasteiger partial charge on any atom is -0.490 e. The number of nitrogens with zero attached hydrogens (tertiary/aromatic N) is 4. The molecule has 2 aliphatic heterocycles. The third-order valence-electron chi connectivity index (χ3n) is 6.73. The van der Waals surface area contributed by atoms with Gasteiger partial charge in [-0.05, 0) is 61.4 Å². The Morgan fingerprint density at radius 3 is 2.60 bits per heavy atom. The van der Waals surface area contributed by atoms with E-state index in [4.69, 9.17) is 21.3 Å². The lowest BCUT2D eigenvalue weighted by Gasteiger charge is -2.36. The Balaban J connectivity index is 1.73. The van der Waals surface area contributed by atoms with Gasteiger partial charge in [-0.15, -0.1) is 0 Å². The van der Waals surface area contributed by atoms with Crippen LogP contribution in [0.1, 0.15) is 48.2 Å². The summed E-state index contributed by atoms with van der Waals surface area (Å²) >= 11 is 10.3. The molecular weight excluding hydrogens is 594 g/mol. The Morgan fingerprint density at radius 2 is 1.93 bits per heavy atom. The van der Waals surface area contributed by atoms with Crippen molar-refractivity contribution in [3.63, 3.8) is 0 Å². The second-order valence-electron chi connectivity index (χ2n) is 9.83. The Bertz CT molecular complexity index is 1520. The molecule has 8 nitrogen and oxygen atoms in total. The zero-order valence-corrected chi connectivity index (χ0v) is 24.3. The summed E-state index contributed by atoms with van der Waals surface area (Å²) in [5, 5.41) is 12.8. The number of carbonyl (C=O) groups is 2. The largest absolute Gasteiger partial charge is 0.490 e. The van der Waals surface area contributed by atoms with Gasteiger partial charge in [0.2, 0.25) is 5.91 Å². The van der Waals surface area contributed by atoms with E-state index in [9.17, 15) is 14.9 Å². The van der Waals surface area contributed by atoms with Gasteiger partial charge in [0, 0.05) is 22.6 Å². The zero-order valence-electron chi connectivity index (χ0n) is 22.0. The molecule has 3 amide bonds. The number of nitriles is 1. The van der Waals surface area contributed by atoms with Crippen LogP contribution in [-0.2, 0) is 4.79 Å². The molecule has 0 aromatic heterocycles. The Morgan fingerprint density at radius 1 is 1.18 bits per heavy atom. The van der Waals surface area contributed by atoms with Gasteiger partial charge >= 0.3 is 6.03 Å². The van der Waals surface area contributed by atoms with Gasteiger partial charge in [0.15, 0.2) is 0 Å². The molecule has 10 heteroatoms. The van der Waals surface area contributed by atoms with Crippen LogP contribution in [0.15, 0.2) is 76.2 Å². The molecule has 0 unspecified atom stereocenters. The SMILES string of the molecule is CC(C)Oc1cc(C#N)ccc1C1=N[C@@H](c2ccc(Br)cc2)[C@@H](c2ccccc2Cl)N1C(=O)N1CCNC(=O)C1. The van der Waals surface area contributed by atoms with Crippen molar-refractivity contribution in [2.24, 2.45) is 4.99 Å². The van der Waals surface area contributed by atoms with Gasteiger partial charge in [-0.2, -0.15) is 5.26 Å². The number of nitrogens with one attached hydrogen (secondary N) is 1. The van der Waals surface area contributed by atoms with Crippen LogP contribution in [0.5, 0.6) is 5.75 Å². The first-order chi connectivity index (χ1) is 19.3. The van der Waals surface area contributed by atoms with Crippen LogP contribution in [0.3, 0.4) is 0 Å². The van der Waals surface area contributed by atoms with Crippen molar-refractivity contribution in [3.05, 3.63) is 98.5 Å². The van der Waals surface area contributed by atoms with Crippen molar-refractivity contribution in [1.82, 2.24) is 15.1 Å². The molecule has 2 heterocycles. The Kier molecular flexibility index (Phi) is 8.10. The maximum absolute atomic E-state index is 14.4. The number of hydrogen-bond acceptors (Lipinski definition) is 5. The minimum atomic E-state index is -0.607. The predicted molar refractivity (Wildman–Crippen MR) is 156 cm³/mol. The van der Waals surface area contributed by atoms with E-state index in [1.807, 2.05) is 56.3 Å². The number of ether oxygens (including phenoxy) is 1. The maximum atomic E-state index is 14.4. The van der Waals surface area contributed by atoms with Crippen molar-refractivity contribution in [2.75, 3.05) is 19.6 Å². The van der Waals surface area contributed by atoms with Gasteiger partial charge < -0.3 is 15.0 Å². The first-order valence-electron chi connectivity index (χ1n) is 12.9. The van der Waals surface area contributed by atoms with E-state index in [0.29, 0.717) is 40.8 Å². The maximum Gasteiger partial charge on any atom is 0.326 e. The summed E-state index contributed by atoms with van der Waals surface area (Å²) < 4.78 is 7.05. The van der Waals surface area contributed by atoms with E-state index >= 15 is 0 Å². The van der Waals surface area contributed by atoms with Gasteiger partial charge in [0.1, 0.15) is 24.2 Å². The molecule has 3 aromatic carbocycles. The van der Waals surface area contributed by atoms with E-state index in [1.165, 1.54) is 4.90 Å². The summed E-state index contributed by atoms with van der Waals surface area (Å²) in [6.07, 6.45) is -0.189. The number of halogens is 2. The molecule has 0 radical (unpaired) electrons. The summed E-state index contributed by atoms with van der Waals surface area (Å²) in [5.74, 6) is 0.601. The molecule has 0 spiro atoms. The van der Waals surface area contributed by atoms with E-state index < -0.39 is 12.1 Å². The first-order valence-corrected chi connectivity index (χ1v) is 14.1. The molecule has 2 aliphatic rings. The average molecular weight is 621 g/mol.